The Hall–Kier alpha value is -2.19. The Morgan fingerprint density at radius 1 is 1.30 bits per heavy atom. The number of carbonyl (C=O) groups is 3. The fourth-order valence-corrected chi connectivity index (χ4v) is 1.37. The van der Waals surface area contributed by atoms with E-state index in [0.717, 1.165) is 6.07 Å². The molecule has 3 amide bonds. The Balaban J connectivity index is 2.47. The Bertz CT molecular complexity index is 517. The lowest BCUT2D eigenvalue weighted by Gasteiger charge is -2.09. The number of nitrogens with one attached hydrogen (secondary N) is 2. The van der Waals surface area contributed by atoms with Crippen LogP contribution in [0.15, 0.2) is 18.2 Å². The lowest BCUT2D eigenvalue weighted by Crippen LogP contribution is -2.37. The molecule has 0 aliphatic rings. The number of ether oxygens (including phenoxy) is 1. The Kier molecular flexibility index (Phi) is 5.88. The van der Waals surface area contributed by atoms with E-state index in [1.54, 1.807) is 0 Å². The highest BCUT2D eigenvalue weighted by atomic mass is 35.5. The number of hydrogen-bond donors (Lipinski definition) is 3. The molecule has 0 aromatic heterocycles. The Labute approximate surface area is 117 Å². The van der Waals surface area contributed by atoms with Crippen molar-refractivity contribution in [3.8, 4) is 0 Å². The number of halogens is 2. The molecule has 3 N–H and O–H groups in total. The summed E-state index contributed by atoms with van der Waals surface area (Å²) in [5.74, 6) is -2.89. The average molecular weight is 305 g/mol. The average Bonchev–Trinajstić information content (AvgIpc) is 2.33. The van der Waals surface area contributed by atoms with Crippen molar-refractivity contribution >= 4 is 35.2 Å². The fraction of sp³-hybridized carbons (Fsp3) is 0.182. The van der Waals surface area contributed by atoms with Crippen molar-refractivity contribution in [2.45, 2.75) is 0 Å². The van der Waals surface area contributed by atoms with Crippen LogP contribution in [0.25, 0.3) is 0 Å². The van der Waals surface area contributed by atoms with E-state index >= 15 is 0 Å². The molecule has 1 aromatic rings. The standard InChI is InChI=1S/C11H10ClFN2O5/c12-6-2-1-3-7(13)10(6)15-11(19)14-8(16)4-20-5-9(17)18/h1-3H,4-5H2,(H,17,18)(H2,14,15,16,19). The van der Waals surface area contributed by atoms with E-state index in [9.17, 15) is 18.8 Å². The first kappa shape index (κ1) is 15.9. The van der Waals surface area contributed by atoms with Gasteiger partial charge in [0.15, 0.2) is 0 Å². The molecule has 1 aromatic carbocycles. The molecule has 0 spiro atoms. The number of urea groups is 1. The second-order valence-electron chi connectivity index (χ2n) is 3.49. The lowest BCUT2D eigenvalue weighted by atomic mass is 10.3. The summed E-state index contributed by atoms with van der Waals surface area (Å²) < 4.78 is 17.8. The molecule has 0 aliphatic heterocycles. The van der Waals surface area contributed by atoms with Gasteiger partial charge in [0.25, 0.3) is 5.91 Å². The predicted molar refractivity (Wildman–Crippen MR) is 67.0 cm³/mol. The van der Waals surface area contributed by atoms with Crippen molar-refractivity contribution < 1.29 is 28.6 Å². The number of imide groups is 1. The number of carboxylic acids is 1. The van der Waals surface area contributed by atoms with Crippen LogP contribution in [0, 0.1) is 5.82 Å². The highest BCUT2D eigenvalue weighted by Crippen LogP contribution is 2.24. The second kappa shape index (κ2) is 7.41. The highest BCUT2D eigenvalue weighted by molar-refractivity contribution is 6.33. The summed E-state index contributed by atoms with van der Waals surface area (Å²) in [7, 11) is 0. The number of benzene rings is 1. The van der Waals surface area contributed by atoms with E-state index in [1.165, 1.54) is 12.1 Å². The van der Waals surface area contributed by atoms with Crippen LogP contribution in [0.2, 0.25) is 5.02 Å². The minimum atomic E-state index is -1.25. The van der Waals surface area contributed by atoms with Crippen molar-refractivity contribution in [2.24, 2.45) is 0 Å². The van der Waals surface area contributed by atoms with Gasteiger partial charge in [-0.2, -0.15) is 0 Å². The van der Waals surface area contributed by atoms with E-state index in [1.807, 2.05) is 5.32 Å². The molecule has 0 atom stereocenters. The maximum Gasteiger partial charge on any atom is 0.329 e. The summed E-state index contributed by atoms with van der Waals surface area (Å²) >= 11 is 5.67. The molecule has 0 bridgehead atoms. The molecular formula is C11H10ClFN2O5. The van der Waals surface area contributed by atoms with Crippen molar-refractivity contribution in [3.05, 3.63) is 29.0 Å². The third kappa shape index (κ3) is 5.21. The molecule has 0 aliphatic carbocycles. The van der Waals surface area contributed by atoms with Crippen molar-refractivity contribution in [1.29, 1.82) is 0 Å². The minimum Gasteiger partial charge on any atom is -0.480 e. The maximum atomic E-state index is 13.3. The molecular weight excluding hydrogens is 295 g/mol. The van der Waals surface area contributed by atoms with Gasteiger partial charge in [-0.25, -0.2) is 14.0 Å². The summed E-state index contributed by atoms with van der Waals surface area (Å²) in [4.78, 5) is 32.7. The zero-order valence-corrected chi connectivity index (χ0v) is 10.7. The predicted octanol–water partition coefficient (Wildman–Crippen LogP) is 1.23. The van der Waals surface area contributed by atoms with Crippen molar-refractivity contribution in [2.75, 3.05) is 18.5 Å². The molecule has 108 valence electrons. The quantitative estimate of drug-likeness (QED) is 0.759. The van der Waals surface area contributed by atoms with Crippen LogP contribution in [-0.2, 0) is 14.3 Å². The highest BCUT2D eigenvalue weighted by Gasteiger charge is 2.13. The van der Waals surface area contributed by atoms with Crippen LogP contribution in [-0.4, -0.2) is 36.2 Å². The van der Waals surface area contributed by atoms with Gasteiger partial charge < -0.3 is 15.2 Å². The van der Waals surface area contributed by atoms with E-state index in [4.69, 9.17) is 16.7 Å². The first-order chi connectivity index (χ1) is 9.40. The van der Waals surface area contributed by atoms with Gasteiger partial charge in [-0.1, -0.05) is 17.7 Å². The van der Waals surface area contributed by atoms with Gasteiger partial charge in [-0.3, -0.25) is 10.1 Å². The lowest BCUT2D eigenvalue weighted by molar-refractivity contribution is -0.143. The molecule has 20 heavy (non-hydrogen) atoms. The van der Waals surface area contributed by atoms with Gasteiger partial charge in [0.2, 0.25) is 0 Å². The van der Waals surface area contributed by atoms with Crippen LogP contribution in [0.3, 0.4) is 0 Å². The van der Waals surface area contributed by atoms with E-state index in [0.29, 0.717) is 0 Å². The Morgan fingerprint density at radius 3 is 2.60 bits per heavy atom. The number of carboxylic acid groups (broad SMARTS) is 1. The smallest absolute Gasteiger partial charge is 0.329 e. The molecule has 9 heteroatoms. The topological polar surface area (TPSA) is 105 Å². The van der Waals surface area contributed by atoms with Crippen LogP contribution in [0.4, 0.5) is 14.9 Å². The molecule has 0 fully saturated rings. The zero-order chi connectivity index (χ0) is 15.1. The van der Waals surface area contributed by atoms with Crippen molar-refractivity contribution in [3.63, 3.8) is 0 Å². The summed E-state index contributed by atoms with van der Waals surface area (Å²) in [6.07, 6.45) is 0. The van der Waals surface area contributed by atoms with E-state index in [2.05, 4.69) is 10.1 Å². The zero-order valence-electron chi connectivity index (χ0n) is 9.98. The van der Waals surface area contributed by atoms with Gasteiger partial charge in [0.1, 0.15) is 19.0 Å². The molecule has 0 saturated carbocycles. The molecule has 0 radical (unpaired) electrons. The van der Waals surface area contributed by atoms with Crippen LogP contribution in [0.1, 0.15) is 0 Å². The SMILES string of the molecule is O=C(O)COCC(=O)NC(=O)Nc1c(F)cccc1Cl. The normalized spacial score (nSPS) is 9.90. The fourth-order valence-electron chi connectivity index (χ4n) is 1.16. The maximum absolute atomic E-state index is 13.3. The monoisotopic (exact) mass is 304 g/mol. The second-order valence-corrected chi connectivity index (χ2v) is 3.89. The van der Waals surface area contributed by atoms with Crippen LogP contribution < -0.4 is 10.6 Å². The van der Waals surface area contributed by atoms with Gasteiger partial charge in [-0.15, -0.1) is 0 Å². The number of amides is 3. The molecule has 0 unspecified atom stereocenters. The number of aliphatic carboxylic acids is 1. The van der Waals surface area contributed by atoms with E-state index in [-0.39, 0.29) is 10.7 Å². The first-order valence-electron chi connectivity index (χ1n) is 5.24. The van der Waals surface area contributed by atoms with E-state index < -0.39 is 36.9 Å². The first-order valence-corrected chi connectivity index (χ1v) is 5.62. The van der Waals surface area contributed by atoms with Gasteiger partial charge in [-0.05, 0) is 12.1 Å². The van der Waals surface area contributed by atoms with Crippen molar-refractivity contribution in [1.82, 2.24) is 5.32 Å². The number of anilines is 1. The summed E-state index contributed by atoms with van der Waals surface area (Å²) in [6.45, 7) is -1.29. The molecule has 7 nitrogen and oxygen atoms in total. The molecule has 0 saturated heterocycles. The third-order valence-corrected chi connectivity index (χ3v) is 2.23. The van der Waals surface area contributed by atoms with Gasteiger partial charge in [0, 0.05) is 0 Å². The number of para-hydroxylation sites is 1. The summed E-state index contributed by atoms with van der Waals surface area (Å²) in [5, 5.41) is 12.1. The number of carbonyl (C=O) groups excluding carboxylic acids is 2. The summed E-state index contributed by atoms with van der Waals surface area (Å²) in [5.41, 5.74) is -0.272. The third-order valence-electron chi connectivity index (χ3n) is 1.91. The van der Waals surface area contributed by atoms with Crippen LogP contribution >= 0.6 is 11.6 Å². The largest absolute Gasteiger partial charge is 0.480 e. The Morgan fingerprint density at radius 2 is 2.00 bits per heavy atom. The number of hydrogen-bond acceptors (Lipinski definition) is 4. The number of rotatable bonds is 5. The van der Waals surface area contributed by atoms with Crippen LogP contribution in [0.5, 0.6) is 0 Å². The molecule has 1 rings (SSSR count). The van der Waals surface area contributed by atoms with Gasteiger partial charge >= 0.3 is 12.0 Å². The summed E-state index contributed by atoms with van der Waals surface area (Å²) in [6, 6.07) is 2.78. The molecule has 0 heterocycles. The van der Waals surface area contributed by atoms with Gasteiger partial charge in [0.05, 0.1) is 10.7 Å². The minimum absolute atomic E-state index is 0.0327.